The molecule has 0 aromatic heterocycles. The van der Waals surface area contributed by atoms with Crippen molar-refractivity contribution in [1.29, 1.82) is 0 Å². The van der Waals surface area contributed by atoms with Gasteiger partial charge in [-0.2, -0.15) is 0 Å². The Morgan fingerprint density at radius 3 is 2.06 bits per heavy atom. The van der Waals surface area contributed by atoms with E-state index in [-0.39, 0.29) is 0 Å². The smallest absolute Gasteiger partial charge is 0.146 e. The van der Waals surface area contributed by atoms with Crippen molar-refractivity contribution in [1.82, 2.24) is 10.2 Å². The van der Waals surface area contributed by atoms with E-state index in [1.807, 2.05) is 6.92 Å². The number of hydrogen-bond donors (Lipinski definition) is 1. The number of rotatable bonds is 3. The van der Waals surface area contributed by atoms with Crippen LogP contribution >= 0.6 is 0 Å². The Morgan fingerprint density at radius 2 is 1.69 bits per heavy atom. The first-order valence-electron chi connectivity index (χ1n) is 6.77. The molecule has 0 radical (unpaired) electrons. The summed E-state index contributed by atoms with van der Waals surface area (Å²) in [5.74, 6) is 0.377. The van der Waals surface area contributed by atoms with E-state index in [0.717, 1.165) is 13.1 Å². The van der Waals surface area contributed by atoms with E-state index in [9.17, 15) is 4.79 Å². The van der Waals surface area contributed by atoms with Crippen LogP contribution in [0, 0.1) is 0 Å². The molecule has 0 amide bonds. The zero-order valence-corrected chi connectivity index (χ0v) is 10.6. The van der Waals surface area contributed by atoms with Gasteiger partial charge in [-0.15, -0.1) is 0 Å². The molecular formula is C13H26N2O. The molecule has 3 heteroatoms. The monoisotopic (exact) mass is 226 g/mol. The van der Waals surface area contributed by atoms with E-state index < -0.39 is 0 Å². The number of carbonyl (C=O) groups is 1. The maximum Gasteiger partial charge on any atom is 0.146 e. The lowest BCUT2D eigenvalue weighted by Crippen LogP contribution is -2.26. The molecule has 0 spiro atoms. The average molecular weight is 226 g/mol. The molecule has 0 bridgehead atoms. The molecule has 0 saturated carbocycles. The van der Waals surface area contributed by atoms with Crippen molar-refractivity contribution < 1.29 is 4.79 Å². The molecule has 2 rings (SSSR count). The summed E-state index contributed by atoms with van der Waals surface area (Å²) >= 11 is 0. The molecule has 1 N–H and O–H groups in total. The van der Waals surface area contributed by atoms with Gasteiger partial charge in [0.05, 0.1) is 6.54 Å². The zero-order chi connectivity index (χ0) is 11.6. The molecular weight excluding hydrogens is 200 g/mol. The van der Waals surface area contributed by atoms with Crippen molar-refractivity contribution >= 4 is 5.78 Å². The lowest BCUT2D eigenvalue weighted by molar-refractivity contribution is -0.119. The maximum atomic E-state index is 10.9. The largest absolute Gasteiger partial charge is 0.317 e. The first kappa shape index (κ1) is 13.7. The van der Waals surface area contributed by atoms with Crippen LogP contribution in [0.2, 0.25) is 0 Å². The molecule has 0 atom stereocenters. The van der Waals surface area contributed by atoms with E-state index in [1.165, 1.54) is 45.2 Å². The van der Waals surface area contributed by atoms with Crippen molar-refractivity contribution in [3.05, 3.63) is 0 Å². The Hall–Kier alpha value is -0.410. The third kappa shape index (κ3) is 6.23. The lowest BCUT2D eigenvalue weighted by atomic mass is 10.2. The van der Waals surface area contributed by atoms with Crippen LogP contribution in [0.1, 0.15) is 45.4 Å². The van der Waals surface area contributed by atoms with Crippen LogP contribution in [0.4, 0.5) is 0 Å². The number of piperidine rings is 1. The summed E-state index contributed by atoms with van der Waals surface area (Å²) < 4.78 is 0. The third-order valence-electron chi connectivity index (χ3n) is 3.20. The molecule has 0 aromatic rings. The van der Waals surface area contributed by atoms with Gasteiger partial charge < -0.3 is 5.32 Å². The van der Waals surface area contributed by atoms with Crippen molar-refractivity contribution in [2.24, 2.45) is 0 Å². The van der Waals surface area contributed by atoms with Gasteiger partial charge in [-0.1, -0.05) is 13.3 Å². The molecule has 2 fully saturated rings. The van der Waals surface area contributed by atoms with Gasteiger partial charge in [0.25, 0.3) is 0 Å². The summed E-state index contributed by atoms with van der Waals surface area (Å²) in [5.41, 5.74) is 0. The minimum absolute atomic E-state index is 0.377. The predicted molar refractivity (Wildman–Crippen MR) is 67.7 cm³/mol. The Bertz CT molecular complexity index is 173. The highest BCUT2D eigenvalue weighted by Gasteiger charge is 2.13. The number of nitrogens with one attached hydrogen (secondary N) is 1. The fourth-order valence-corrected chi connectivity index (χ4v) is 2.10. The molecule has 2 aliphatic heterocycles. The Kier molecular flexibility index (Phi) is 7.43. The number of ketones is 1. The van der Waals surface area contributed by atoms with Crippen LogP contribution in [-0.4, -0.2) is 43.4 Å². The fourth-order valence-electron chi connectivity index (χ4n) is 2.10. The second kappa shape index (κ2) is 8.71. The Labute approximate surface area is 99.6 Å². The van der Waals surface area contributed by atoms with Gasteiger partial charge in [-0.05, 0) is 51.9 Å². The average Bonchev–Trinajstić information content (AvgIpc) is 2.85. The molecule has 2 heterocycles. The number of Topliss-reactive ketones (excluding diaryl/α,β-unsaturated/α-hetero) is 1. The summed E-state index contributed by atoms with van der Waals surface area (Å²) in [4.78, 5) is 13.2. The summed E-state index contributed by atoms with van der Waals surface area (Å²) in [6, 6.07) is 0. The van der Waals surface area contributed by atoms with E-state index in [2.05, 4.69) is 10.2 Å². The molecule has 2 aliphatic rings. The van der Waals surface area contributed by atoms with E-state index in [0.29, 0.717) is 18.7 Å². The normalized spacial score (nSPS) is 21.3. The minimum Gasteiger partial charge on any atom is -0.317 e. The lowest BCUT2D eigenvalue weighted by Gasteiger charge is -2.11. The summed E-state index contributed by atoms with van der Waals surface area (Å²) in [6.45, 7) is 7.38. The number of carbonyl (C=O) groups excluding carboxylic acids is 1. The molecule has 94 valence electrons. The van der Waals surface area contributed by atoms with Crippen LogP contribution in [0.25, 0.3) is 0 Å². The zero-order valence-electron chi connectivity index (χ0n) is 10.6. The maximum absolute atomic E-state index is 10.9. The van der Waals surface area contributed by atoms with Crippen LogP contribution < -0.4 is 5.32 Å². The van der Waals surface area contributed by atoms with Gasteiger partial charge in [0.2, 0.25) is 0 Å². The van der Waals surface area contributed by atoms with Gasteiger partial charge in [-0.3, -0.25) is 9.69 Å². The van der Waals surface area contributed by atoms with Gasteiger partial charge in [0.15, 0.2) is 0 Å². The topological polar surface area (TPSA) is 32.3 Å². The molecule has 0 aromatic carbocycles. The van der Waals surface area contributed by atoms with Crippen LogP contribution in [0.5, 0.6) is 0 Å². The highest BCUT2D eigenvalue weighted by atomic mass is 16.1. The van der Waals surface area contributed by atoms with Gasteiger partial charge in [0.1, 0.15) is 5.78 Å². The van der Waals surface area contributed by atoms with Crippen LogP contribution in [0.15, 0.2) is 0 Å². The second-order valence-electron chi connectivity index (χ2n) is 4.69. The summed E-state index contributed by atoms with van der Waals surface area (Å²) in [7, 11) is 0. The molecule has 0 aliphatic carbocycles. The second-order valence-corrected chi connectivity index (χ2v) is 4.69. The predicted octanol–water partition coefficient (Wildman–Crippen LogP) is 1.82. The molecule has 2 saturated heterocycles. The van der Waals surface area contributed by atoms with Crippen molar-refractivity contribution in [3.8, 4) is 0 Å². The van der Waals surface area contributed by atoms with Gasteiger partial charge in [0, 0.05) is 6.42 Å². The summed E-state index contributed by atoms with van der Waals surface area (Å²) in [5, 5.41) is 3.28. The van der Waals surface area contributed by atoms with Crippen molar-refractivity contribution in [2.45, 2.75) is 45.4 Å². The highest BCUT2D eigenvalue weighted by Crippen LogP contribution is 2.06. The van der Waals surface area contributed by atoms with Gasteiger partial charge in [-0.25, -0.2) is 0 Å². The van der Waals surface area contributed by atoms with E-state index in [1.54, 1.807) is 0 Å². The molecule has 3 nitrogen and oxygen atoms in total. The number of likely N-dealkylation sites (tertiary alicyclic amines) is 1. The van der Waals surface area contributed by atoms with Gasteiger partial charge >= 0.3 is 0 Å². The Balaban J connectivity index is 0.000000181. The van der Waals surface area contributed by atoms with Crippen LogP contribution in [0.3, 0.4) is 0 Å². The fraction of sp³-hybridized carbons (Fsp3) is 0.923. The molecule has 16 heavy (non-hydrogen) atoms. The first-order chi connectivity index (χ1) is 7.83. The minimum atomic E-state index is 0.377. The van der Waals surface area contributed by atoms with Crippen molar-refractivity contribution in [2.75, 3.05) is 32.7 Å². The Morgan fingerprint density at radius 1 is 1.06 bits per heavy atom. The van der Waals surface area contributed by atoms with E-state index in [4.69, 9.17) is 0 Å². The highest BCUT2D eigenvalue weighted by molar-refractivity contribution is 5.80. The number of nitrogens with zero attached hydrogens (tertiary/aromatic N) is 1. The van der Waals surface area contributed by atoms with Crippen LogP contribution in [-0.2, 0) is 4.79 Å². The molecule has 0 unspecified atom stereocenters. The summed E-state index contributed by atoms with van der Waals surface area (Å²) in [6.07, 6.45) is 7.46. The van der Waals surface area contributed by atoms with Crippen molar-refractivity contribution in [3.63, 3.8) is 0 Å². The van der Waals surface area contributed by atoms with E-state index >= 15 is 0 Å². The third-order valence-corrected chi connectivity index (χ3v) is 3.20. The quantitative estimate of drug-likeness (QED) is 0.796. The SMILES string of the molecule is C1CCNCC1.CCC(=O)CN1CCCC1. The number of hydrogen-bond acceptors (Lipinski definition) is 3. The standard InChI is InChI=1S/C8H15NO.C5H11N/c1-2-8(10)7-9-5-3-4-6-9;1-2-4-6-5-3-1/h2-7H2,1H3;6H,1-5H2. The first-order valence-corrected chi connectivity index (χ1v) is 6.77.